The molecular weight excluding hydrogens is 799 g/mol. The normalized spacial score (nSPS) is 11.0. The molecule has 0 amide bonds. The molecule has 8 aromatic rings. The molecule has 0 radical (unpaired) electrons. The van der Waals surface area contributed by atoms with Crippen molar-refractivity contribution < 1.29 is 0 Å². The first-order chi connectivity index (χ1) is 24.5. The second-order valence-corrected chi connectivity index (χ2v) is 13.3. The van der Waals surface area contributed by atoms with Crippen molar-refractivity contribution >= 4 is 65.8 Å². The monoisotopic (exact) mass is 832 g/mol. The molecule has 12 nitrogen and oxygen atoms in total. The third-order valence-electron chi connectivity index (χ3n) is 8.42. The summed E-state index contributed by atoms with van der Waals surface area (Å²) in [7, 11) is 5.58. The first kappa shape index (κ1) is 35.7. The number of alkyl halides is 1. The van der Waals surface area contributed by atoms with Gasteiger partial charge in [-0.1, -0.05) is 22.6 Å². The fourth-order valence-electron chi connectivity index (χ4n) is 5.74. The van der Waals surface area contributed by atoms with Gasteiger partial charge in [-0.2, -0.15) is 8.75 Å². The number of H-pyrrole nitrogens is 1. The number of aromatic amines is 1. The number of hydrogen-bond donors (Lipinski definition) is 1. The van der Waals surface area contributed by atoms with Gasteiger partial charge in [0.25, 0.3) is 11.1 Å². The number of aryl methyl sites for hydroxylation is 4. The zero-order valence-electron chi connectivity index (χ0n) is 28.5. The molecule has 8 rings (SSSR count). The van der Waals surface area contributed by atoms with Gasteiger partial charge in [0.1, 0.15) is 11.4 Å². The molecule has 260 valence electrons. The lowest BCUT2D eigenvalue weighted by atomic mass is 10.1. The maximum Gasteiger partial charge on any atom is 0.335 e. The van der Waals surface area contributed by atoms with Gasteiger partial charge in [0.05, 0.1) is 32.2 Å². The first-order valence-corrected chi connectivity index (χ1v) is 19.3. The molecule has 0 aliphatic carbocycles. The van der Waals surface area contributed by atoms with E-state index in [1.807, 2.05) is 89.1 Å². The fourth-order valence-corrected chi connectivity index (χ4v) is 7.27. The minimum atomic E-state index is -0.442. The van der Waals surface area contributed by atoms with Crippen molar-refractivity contribution in [2.45, 2.75) is 13.8 Å². The van der Waals surface area contributed by atoms with Crippen molar-refractivity contribution in [3.63, 3.8) is 0 Å². The summed E-state index contributed by atoms with van der Waals surface area (Å²) in [6, 6.07) is 21.8. The molecule has 51 heavy (non-hydrogen) atoms. The lowest BCUT2D eigenvalue weighted by Gasteiger charge is -2.09. The van der Waals surface area contributed by atoms with E-state index in [0.29, 0.717) is 22.8 Å². The smallest absolute Gasteiger partial charge is 0.335 e. The number of fused-ring (bicyclic) bond motifs is 2. The van der Waals surface area contributed by atoms with Crippen molar-refractivity contribution in [2.75, 3.05) is 4.93 Å². The number of rotatable bonds is 4. The molecule has 0 atom stereocenters. The number of nitrogens with one attached hydrogen (secondary N) is 1. The van der Waals surface area contributed by atoms with Gasteiger partial charge >= 0.3 is 11.4 Å². The van der Waals surface area contributed by atoms with Crippen LogP contribution in [0, 0.1) is 13.8 Å². The fraction of sp³-hybridized carbons (Fsp3) is 0.167. The van der Waals surface area contributed by atoms with E-state index in [1.165, 1.54) is 44.3 Å². The van der Waals surface area contributed by atoms with Gasteiger partial charge in [0.15, 0.2) is 0 Å². The van der Waals surface area contributed by atoms with Crippen LogP contribution in [0.5, 0.6) is 0 Å². The Hall–Kier alpha value is -5.13. The van der Waals surface area contributed by atoms with E-state index in [2.05, 4.69) is 36.3 Å². The zero-order valence-corrected chi connectivity index (χ0v) is 32.3. The number of nitrogens with zero attached hydrogens (tertiary/aromatic N) is 7. The molecule has 0 unspecified atom stereocenters. The molecule has 2 aromatic carbocycles. The minimum Gasteiger partial charge on any atom is -0.349 e. The maximum atomic E-state index is 12.6. The Labute approximate surface area is 313 Å². The first-order valence-electron chi connectivity index (χ1n) is 15.6. The average Bonchev–Trinajstić information content (AvgIpc) is 3.91. The van der Waals surface area contributed by atoms with Crippen LogP contribution < -0.4 is 22.5 Å². The van der Waals surface area contributed by atoms with Gasteiger partial charge < -0.3 is 18.7 Å². The lowest BCUT2D eigenvalue weighted by Crippen LogP contribution is -2.38. The van der Waals surface area contributed by atoms with Crippen molar-refractivity contribution in [3.8, 4) is 34.2 Å². The quantitative estimate of drug-likeness (QED) is 0.172. The van der Waals surface area contributed by atoms with Crippen molar-refractivity contribution in [2.24, 2.45) is 21.1 Å². The molecule has 0 aliphatic rings. The highest BCUT2D eigenvalue weighted by atomic mass is 127. The van der Waals surface area contributed by atoms with Crippen molar-refractivity contribution in [1.29, 1.82) is 0 Å². The Balaban J connectivity index is 0.000000168. The molecule has 0 saturated heterocycles. The Morgan fingerprint density at radius 2 is 1.14 bits per heavy atom. The minimum absolute atomic E-state index is 0.330. The molecule has 0 bridgehead atoms. The summed E-state index contributed by atoms with van der Waals surface area (Å²) < 4.78 is 18.9. The van der Waals surface area contributed by atoms with Crippen molar-refractivity contribution in [3.05, 3.63) is 138 Å². The average molecular weight is 833 g/mol. The van der Waals surface area contributed by atoms with Crippen LogP contribution in [0.15, 0.2) is 104 Å². The van der Waals surface area contributed by atoms with Gasteiger partial charge in [-0.05, 0) is 103 Å². The third-order valence-corrected chi connectivity index (χ3v) is 10.1. The van der Waals surface area contributed by atoms with E-state index in [9.17, 15) is 19.2 Å². The van der Waals surface area contributed by atoms with Crippen LogP contribution in [0.1, 0.15) is 11.4 Å². The molecule has 6 aromatic heterocycles. The lowest BCUT2D eigenvalue weighted by molar-refractivity contribution is 0.714. The molecular formula is C36H33IN8O4S2. The predicted molar refractivity (Wildman–Crippen MR) is 215 cm³/mol. The summed E-state index contributed by atoms with van der Waals surface area (Å²) in [5.74, 6) is 0. The standard InChI is InChI=1S/C18H16N4O2S.C17H14N4O2S.CH3I/c1-11-9-16(23)22(18(24)21(11)3)12-6-7-15-13(10-12)17(19-25-15)14-5-4-8-20(14)2;1-10-8-15(22)21(17(23)18-10)11-5-6-14-12(9-11)16(19-24-14)13-4-3-7-20(13)2;1-2/h4-10H,1-3H3;3-9H,1-2H3,(H,18,23);1H3. The topological polar surface area (TPSA) is 134 Å². The number of aromatic nitrogens is 8. The van der Waals surface area contributed by atoms with Crippen LogP contribution in [0.4, 0.5) is 0 Å². The maximum absolute atomic E-state index is 12.6. The molecule has 0 saturated carbocycles. The van der Waals surface area contributed by atoms with E-state index >= 15 is 0 Å². The Bertz CT molecular complexity index is 2760. The number of benzene rings is 2. The van der Waals surface area contributed by atoms with Crippen LogP contribution in [0.25, 0.3) is 54.3 Å². The second kappa shape index (κ2) is 14.6. The van der Waals surface area contributed by atoms with Gasteiger partial charge in [-0.15, -0.1) is 0 Å². The molecule has 0 spiro atoms. The summed E-state index contributed by atoms with van der Waals surface area (Å²) in [6.07, 6.45) is 3.92. The highest BCUT2D eigenvalue weighted by Gasteiger charge is 2.16. The number of halogens is 1. The predicted octanol–water partition coefficient (Wildman–Crippen LogP) is 5.96. The van der Waals surface area contributed by atoms with E-state index in [-0.39, 0.29) is 16.8 Å². The second-order valence-electron chi connectivity index (χ2n) is 11.7. The molecule has 6 heterocycles. The van der Waals surface area contributed by atoms with E-state index < -0.39 is 5.69 Å². The van der Waals surface area contributed by atoms with Crippen LogP contribution >= 0.6 is 45.7 Å². The van der Waals surface area contributed by atoms with E-state index in [4.69, 9.17) is 0 Å². The Kier molecular flexibility index (Phi) is 10.2. The number of hydrogen-bond acceptors (Lipinski definition) is 8. The van der Waals surface area contributed by atoms with Gasteiger partial charge in [-0.25, -0.2) is 18.7 Å². The van der Waals surface area contributed by atoms with Crippen LogP contribution in [-0.2, 0) is 21.1 Å². The highest BCUT2D eigenvalue weighted by molar-refractivity contribution is 14.1. The molecule has 0 aliphatic heterocycles. The molecule has 1 N–H and O–H groups in total. The zero-order chi connectivity index (χ0) is 36.6. The van der Waals surface area contributed by atoms with Gasteiger partial charge in [-0.3, -0.25) is 9.59 Å². The molecule has 0 fully saturated rings. The Morgan fingerprint density at radius 3 is 1.61 bits per heavy atom. The molecule has 15 heteroatoms. The van der Waals surface area contributed by atoms with Crippen molar-refractivity contribution in [1.82, 2.24) is 36.6 Å². The summed E-state index contributed by atoms with van der Waals surface area (Å²) in [6.45, 7) is 3.43. The Morgan fingerprint density at radius 1 is 0.647 bits per heavy atom. The summed E-state index contributed by atoms with van der Waals surface area (Å²) in [5, 5.41) is 1.85. The summed E-state index contributed by atoms with van der Waals surface area (Å²) in [5.41, 5.74) is 4.47. The highest BCUT2D eigenvalue weighted by Crippen LogP contribution is 2.33. The largest absolute Gasteiger partial charge is 0.349 e. The van der Waals surface area contributed by atoms with Gasteiger partial charge in [0, 0.05) is 67.8 Å². The van der Waals surface area contributed by atoms with Crippen LogP contribution in [-0.4, -0.2) is 41.5 Å². The van der Waals surface area contributed by atoms with Crippen LogP contribution in [0.3, 0.4) is 0 Å². The third kappa shape index (κ3) is 6.71. The van der Waals surface area contributed by atoms with E-state index in [1.54, 1.807) is 33.0 Å². The summed E-state index contributed by atoms with van der Waals surface area (Å²) in [4.78, 5) is 54.0. The van der Waals surface area contributed by atoms with Crippen LogP contribution in [0.2, 0.25) is 0 Å². The van der Waals surface area contributed by atoms with Gasteiger partial charge in [0.2, 0.25) is 0 Å². The van der Waals surface area contributed by atoms with E-state index in [0.717, 1.165) is 47.5 Å². The summed E-state index contributed by atoms with van der Waals surface area (Å²) >= 11 is 4.95. The SMILES string of the molecule is CI.Cc1cc(=O)n(-c2ccc3snc(-c4cccn4C)c3c2)c(=O)[nH]1.Cc1cc(=O)n(-c2ccc3snc(-c4cccn4C)c3c2)c(=O)n1C.